The molecule has 2 saturated heterocycles. The number of hydrogen-bond acceptors (Lipinski definition) is 10. The van der Waals surface area contributed by atoms with E-state index in [2.05, 4.69) is 0 Å². The SMILES string of the molecule is COC(=O)N1C(=O)[C@H]2[C@H](CC=C3[C@H]2C[C@H]2C(=O)N(c4cc(-c5sc6ccc(Cl)cc6c5C)nn4C)C(=O)[C@@]2(C)[C@H]3c2ccc(O)cc2OC)C1=O. The number of imide groups is 4. The first-order valence-corrected chi connectivity index (χ1v) is 17.6. The first-order valence-electron chi connectivity index (χ1n) is 16.5. The number of aromatic hydroxyl groups is 1. The molecule has 0 bridgehead atoms. The number of thiophene rings is 1. The summed E-state index contributed by atoms with van der Waals surface area (Å²) in [5, 5.41) is 16.7. The van der Waals surface area contributed by atoms with Crippen LogP contribution in [0.2, 0.25) is 5.02 Å². The average Bonchev–Trinajstić information content (AvgIpc) is 3.78. The van der Waals surface area contributed by atoms with Crippen molar-refractivity contribution < 1.29 is 38.6 Å². The highest BCUT2D eigenvalue weighted by Crippen LogP contribution is 2.64. The van der Waals surface area contributed by atoms with E-state index in [1.165, 1.54) is 40.2 Å². The topological polar surface area (TPSA) is 148 Å². The molecule has 1 N–H and O–H groups in total. The molecule has 8 rings (SSSR count). The Balaban J connectivity index is 1.26. The molecule has 14 heteroatoms. The summed E-state index contributed by atoms with van der Waals surface area (Å²) < 4.78 is 13.0. The van der Waals surface area contributed by atoms with Crippen molar-refractivity contribution in [2.75, 3.05) is 19.1 Å². The van der Waals surface area contributed by atoms with Crippen molar-refractivity contribution in [2.24, 2.45) is 36.1 Å². The molecule has 0 radical (unpaired) electrons. The minimum atomic E-state index is -1.36. The molecule has 3 fully saturated rings. The zero-order valence-corrected chi connectivity index (χ0v) is 29.9. The fourth-order valence-corrected chi connectivity index (χ4v) is 10.3. The Morgan fingerprint density at radius 2 is 1.80 bits per heavy atom. The Morgan fingerprint density at radius 1 is 1.04 bits per heavy atom. The van der Waals surface area contributed by atoms with E-state index in [4.69, 9.17) is 26.2 Å². The Hall–Kier alpha value is -5.01. The number of aryl methyl sites for hydroxylation is 2. The molecule has 12 nitrogen and oxygen atoms in total. The van der Waals surface area contributed by atoms with Crippen LogP contribution < -0.4 is 9.64 Å². The Morgan fingerprint density at radius 3 is 2.53 bits per heavy atom. The second-order valence-electron chi connectivity index (χ2n) is 13.8. The lowest BCUT2D eigenvalue weighted by Gasteiger charge is -2.49. The van der Waals surface area contributed by atoms with Gasteiger partial charge in [-0.2, -0.15) is 10.00 Å². The molecule has 5 amide bonds. The van der Waals surface area contributed by atoms with E-state index < -0.39 is 64.7 Å². The number of nitrogens with zero attached hydrogens (tertiary/aromatic N) is 4. The summed E-state index contributed by atoms with van der Waals surface area (Å²) in [6.07, 6.45) is 1.06. The number of methoxy groups -OCH3 is 2. The number of ether oxygens (including phenoxy) is 2. The molecule has 51 heavy (non-hydrogen) atoms. The van der Waals surface area contributed by atoms with Crippen molar-refractivity contribution in [3.8, 4) is 22.1 Å². The predicted molar refractivity (Wildman–Crippen MR) is 187 cm³/mol. The molecule has 1 saturated carbocycles. The lowest BCUT2D eigenvalue weighted by molar-refractivity contribution is -0.138. The maximum absolute atomic E-state index is 15.0. The molecule has 4 aliphatic rings. The van der Waals surface area contributed by atoms with Crippen molar-refractivity contribution in [2.45, 2.75) is 32.6 Å². The van der Waals surface area contributed by atoms with E-state index in [1.807, 2.05) is 31.2 Å². The minimum absolute atomic E-state index is 0.0516. The van der Waals surface area contributed by atoms with E-state index in [0.717, 1.165) is 27.6 Å². The predicted octanol–water partition coefficient (Wildman–Crippen LogP) is 5.97. The molecule has 4 aromatic rings. The largest absolute Gasteiger partial charge is 0.508 e. The molecule has 262 valence electrons. The molecule has 6 atom stereocenters. The highest BCUT2D eigenvalue weighted by Gasteiger charge is 2.68. The highest BCUT2D eigenvalue weighted by atomic mass is 35.5. The summed E-state index contributed by atoms with van der Waals surface area (Å²) in [6.45, 7) is 3.74. The number of benzene rings is 2. The molecule has 4 heterocycles. The molecule has 0 unspecified atom stereocenters. The van der Waals surface area contributed by atoms with Gasteiger partial charge in [0.25, 0.3) is 0 Å². The van der Waals surface area contributed by atoms with Crippen LogP contribution in [0.15, 0.2) is 54.1 Å². The van der Waals surface area contributed by atoms with Crippen LogP contribution in [0.25, 0.3) is 20.7 Å². The van der Waals surface area contributed by atoms with Crippen molar-refractivity contribution in [3.63, 3.8) is 0 Å². The van der Waals surface area contributed by atoms with Gasteiger partial charge in [-0.05, 0) is 67.8 Å². The molecule has 2 aromatic carbocycles. The lowest BCUT2D eigenvalue weighted by Crippen LogP contribution is -2.49. The summed E-state index contributed by atoms with van der Waals surface area (Å²) in [5.74, 6) is -5.79. The summed E-state index contributed by atoms with van der Waals surface area (Å²) in [4.78, 5) is 72.2. The number of phenolic OH excluding ortho intramolecular Hbond substituents is 1. The first-order chi connectivity index (χ1) is 24.3. The number of aromatic nitrogens is 2. The fraction of sp³-hybridized carbons (Fsp3) is 0.351. The van der Waals surface area contributed by atoms with Crippen LogP contribution in [0.3, 0.4) is 0 Å². The molecular formula is C37H33ClN4O8S. The minimum Gasteiger partial charge on any atom is -0.508 e. The first kappa shape index (κ1) is 33.2. The molecule has 2 aliphatic heterocycles. The smallest absolute Gasteiger partial charge is 0.423 e. The van der Waals surface area contributed by atoms with Gasteiger partial charge in [0, 0.05) is 40.4 Å². The highest BCUT2D eigenvalue weighted by molar-refractivity contribution is 7.22. The van der Waals surface area contributed by atoms with Crippen molar-refractivity contribution in [3.05, 3.63) is 70.3 Å². The van der Waals surface area contributed by atoms with Gasteiger partial charge < -0.3 is 14.6 Å². The van der Waals surface area contributed by atoms with Crippen LogP contribution in [0.5, 0.6) is 11.5 Å². The Labute approximate surface area is 301 Å². The van der Waals surface area contributed by atoms with Gasteiger partial charge >= 0.3 is 6.09 Å². The number of rotatable bonds is 4. The average molecular weight is 729 g/mol. The van der Waals surface area contributed by atoms with Gasteiger partial charge in [-0.15, -0.1) is 11.3 Å². The summed E-state index contributed by atoms with van der Waals surface area (Å²) >= 11 is 7.83. The van der Waals surface area contributed by atoms with Crippen LogP contribution >= 0.6 is 22.9 Å². The number of carbonyl (C=O) groups excluding carboxylic acids is 5. The molecular weight excluding hydrogens is 696 g/mol. The maximum atomic E-state index is 15.0. The van der Waals surface area contributed by atoms with Gasteiger partial charge in [-0.25, -0.2) is 9.69 Å². The number of halogens is 1. The van der Waals surface area contributed by atoms with Gasteiger partial charge in [0.05, 0.1) is 42.3 Å². The molecule has 2 aromatic heterocycles. The second kappa shape index (κ2) is 11.5. The van der Waals surface area contributed by atoms with Gasteiger partial charge in [0.15, 0.2) is 0 Å². The van der Waals surface area contributed by atoms with Gasteiger partial charge in [0.2, 0.25) is 23.6 Å². The Kier molecular flexibility index (Phi) is 7.48. The fourth-order valence-electron chi connectivity index (χ4n) is 9.00. The summed E-state index contributed by atoms with van der Waals surface area (Å²) in [6, 6.07) is 12.0. The number of anilines is 1. The van der Waals surface area contributed by atoms with E-state index in [9.17, 15) is 24.3 Å². The van der Waals surface area contributed by atoms with Crippen molar-refractivity contribution >= 4 is 68.6 Å². The standard InChI is InChI=1S/C37H33ClN4O8S/c1-16-22-12-17(38)6-11-27(22)51-31(16)25-15-28(40(3)39-25)41-33(45)24-14-23-19(9-10-21-29(23)34(46)42(32(21)44)36(48)50-5)30(37(24,2)35(41)47)20-8-7-18(43)13-26(20)49-4/h6-9,11-13,15,21,23-24,29-30,43H,10,14H2,1-5H3/t21-,23+,24-,29-,30+,37+/m0/s1. The maximum Gasteiger partial charge on any atom is 0.423 e. The monoisotopic (exact) mass is 728 g/mol. The Bertz CT molecular complexity index is 2280. The van der Waals surface area contributed by atoms with Crippen LogP contribution in [0, 0.1) is 36.0 Å². The zero-order chi connectivity index (χ0) is 36.3. The van der Waals surface area contributed by atoms with Gasteiger partial charge in [0.1, 0.15) is 23.0 Å². The number of likely N-dealkylation sites (tertiary alicyclic amines) is 1. The number of hydrogen-bond donors (Lipinski definition) is 1. The third-order valence-corrected chi connectivity index (χ3v) is 12.9. The van der Waals surface area contributed by atoms with E-state index in [1.54, 1.807) is 26.1 Å². The van der Waals surface area contributed by atoms with E-state index in [0.29, 0.717) is 38.3 Å². The summed E-state index contributed by atoms with van der Waals surface area (Å²) in [7, 11) is 4.24. The van der Waals surface area contributed by atoms with Crippen molar-refractivity contribution in [1.29, 1.82) is 0 Å². The number of carbonyl (C=O) groups is 5. The van der Waals surface area contributed by atoms with E-state index in [-0.39, 0.29) is 18.6 Å². The number of phenols is 1. The molecule has 2 aliphatic carbocycles. The second-order valence-corrected chi connectivity index (χ2v) is 15.3. The zero-order valence-electron chi connectivity index (χ0n) is 28.3. The van der Waals surface area contributed by atoms with Crippen LogP contribution in [0.1, 0.15) is 36.8 Å². The van der Waals surface area contributed by atoms with Crippen LogP contribution in [-0.4, -0.2) is 63.7 Å². The lowest BCUT2D eigenvalue weighted by atomic mass is 9.51. The van der Waals surface area contributed by atoms with Crippen LogP contribution in [0.4, 0.5) is 10.6 Å². The number of fused-ring (bicyclic) bond motifs is 5. The van der Waals surface area contributed by atoms with Gasteiger partial charge in [-0.3, -0.25) is 23.9 Å². The van der Waals surface area contributed by atoms with Crippen molar-refractivity contribution in [1.82, 2.24) is 14.7 Å². The third-order valence-electron chi connectivity index (χ3n) is 11.4. The number of amides is 5. The third kappa shape index (κ3) is 4.50. The van der Waals surface area contributed by atoms with Crippen LogP contribution in [-0.2, 0) is 31.0 Å². The normalized spacial score (nSPS) is 27.1. The van der Waals surface area contributed by atoms with Gasteiger partial charge in [-0.1, -0.05) is 29.3 Å². The molecule has 0 spiro atoms. The van der Waals surface area contributed by atoms with E-state index >= 15 is 4.79 Å². The quantitative estimate of drug-likeness (QED) is 0.198. The number of allylic oxidation sites excluding steroid dienone is 2. The summed E-state index contributed by atoms with van der Waals surface area (Å²) in [5.41, 5.74) is 1.46.